The Balaban J connectivity index is 1.96. The molecule has 0 unspecified atom stereocenters. The van der Waals surface area contributed by atoms with Crippen LogP contribution in [0.1, 0.15) is 64.0 Å². The number of aromatic nitrogens is 1. The first-order valence-corrected chi connectivity index (χ1v) is 7.00. The van der Waals surface area contributed by atoms with Crippen LogP contribution in [0.4, 0.5) is 0 Å². The van der Waals surface area contributed by atoms with E-state index < -0.39 is 0 Å². The van der Waals surface area contributed by atoms with Crippen molar-refractivity contribution in [2.75, 3.05) is 0 Å². The van der Waals surface area contributed by atoms with Crippen LogP contribution in [0, 0.1) is 5.92 Å². The van der Waals surface area contributed by atoms with E-state index in [0.717, 1.165) is 5.92 Å². The summed E-state index contributed by atoms with van der Waals surface area (Å²) in [6.07, 6.45) is 12.4. The largest absolute Gasteiger partial charge is 0.264 e. The normalized spacial score (nSPS) is 17.6. The first kappa shape index (κ1) is 12.6. The summed E-state index contributed by atoms with van der Waals surface area (Å²) in [6, 6.07) is 2.35. The molecular formula is C16H25N. The molecule has 0 atom stereocenters. The van der Waals surface area contributed by atoms with E-state index in [2.05, 4.69) is 31.8 Å². The van der Waals surface area contributed by atoms with Gasteiger partial charge >= 0.3 is 0 Å². The maximum absolute atomic E-state index is 4.40. The van der Waals surface area contributed by atoms with Crippen LogP contribution in [0.2, 0.25) is 0 Å². The average Bonchev–Trinajstić information content (AvgIpc) is 2.78. The summed E-state index contributed by atoms with van der Waals surface area (Å²) in [6.45, 7) is 6.76. The van der Waals surface area contributed by atoms with Gasteiger partial charge in [0.15, 0.2) is 0 Å². The Kier molecular flexibility index (Phi) is 3.86. The molecule has 1 heteroatoms. The lowest BCUT2D eigenvalue weighted by molar-refractivity contribution is 0.502. The Labute approximate surface area is 106 Å². The van der Waals surface area contributed by atoms with E-state index in [-0.39, 0.29) is 5.41 Å². The second-order valence-corrected chi connectivity index (χ2v) is 6.52. The van der Waals surface area contributed by atoms with Crippen LogP contribution < -0.4 is 0 Å². The summed E-state index contributed by atoms with van der Waals surface area (Å²) in [5.41, 5.74) is 3.00. The standard InChI is InChI=1S/C16H25N/c1-16(2,3)15-10-14(11-17-12-15)9-8-13-6-4-5-7-13/h10-13H,4-9H2,1-3H3. The van der Waals surface area contributed by atoms with Crippen molar-refractivity contribution < 1.29 is 0 Å². The molecule has 1 aromatic heterocycles. The van der Waals surface area contributed by atoms with Gasteiger partial charge in [-0.2, -0.15) is 0 Å². The zero-order valence-corrected chi connectivity index (χ0v) is 11.5. The van der Waals surface area contributed by atoms with Crippen molar-refractivity contribution in [3.05, 3.63) is 29.6 Å². The molecule has 0 N–H and O–H groups in total. The van der Waals surface area contributed by atoms with Crippen molar-refractivity contribution >= 4 is 0 Å². The van der Waals surface area contributed by atoms with E-state index in [9.17, 15) is 0 Å². The van der Waals surface area contributed by atoms with Crippen molar-refractivity contribution in [3.63, 3.8) is 0 Å². The molecule has 0 aliphatic heterocycles. The first-order chi connectivity index (χ1) is 8.05. The molecule has 0 radical (unpaired) electrons. The van der Waals surface area contributed by atoms with Crippen LogP contribution in [0.5, 0.6) is 0 Å². The SMILES string of the molecule is CC(C)(C)c1cncc(CCC2CCCC2)c1. The van der Waals surface area contributed by atoms with Gasteiger partial charge in [-0.1, -0.05) is 52.5 Å². The van der Waals surface area contributed by atoms with E-state index >= 15 is 0 Å². The fourth-order valence-corrected chi connectivity index (χ4v) is 2.70. The summed E-state index contributed by atoms with van der Waals surface area (Å²) in [7, 11) is 0. The lowest BCUT2D eigenvalue weighted by Crippen LogP contribution is -2.12. The topological polar surface area (TPSA) is 12.9 Å². The molecule has 1 heterocycles. The van der Waals surface area contributed by atoms with Crippen LogP contribution in [0.25, 0.3) is 0 Å². The third kappa shape index (κ3) is 3.55. The Bertz CT molecular complexity index is 356. The van der Waals surface area contributed by atoms with Gasteiger partial charge in [0.2, 0.25) is 0 Å². The fourth-order valence-electron chi connectivity index (χ4n) is 2.70. The van der Waals surface area contributed by atoms with Crippen molar-refractivity contribution in [3.8, 4) is 0 Å². The summed E-state index contributed by atoms with van der Waals surface area (Å²) in [4.78, 5) is 4.40. The summed E-state index contributed by atoms with van der Waals surface area (Å²) >= 11 is 0. The van der Waals surface area contributed by atoms with Gasteiger partial charge in [-0.05, 0) is 35.3 Å². The molecule has 1 fully saturated rings. The number of pyridine rings is 1. The number of aryl methyl sites for hydroxylation is 1. The first-order valence-electron chi connectivity index (χ1n) is 7.00. The second-order valence-electron chi connectivity index (χ2n) is 6.52. The van der Waals surface area contributed by atoms with Crippen molar-refractivity contribution in [2.45, 2.75) is 64.7 Å². The molecule has 2 rings (SSSR count). The number of nitrogens with zero attached hydrogens (tertiary/aromatic N) is 1. The molecule has 0 bridgehead atoms. The van der Waals surface area contributed by atoms with Gasteiger partial charge in [-0.15, -0.1) is 0 Å². The minimum atomic E-state index is 0.219. The molecule has 1 aromatic rings. The maximum atomic E-state index is 4.40. The number of hydrogen-bond acceptors (Lipinski definition) is 1. The second kappa shape index (κ2) is 5.20. The smallest absolute Gasteiger partial charge is 0.0305 e. The zero-order valence-electron chi connectivity index (χ0n) is 11.5. The number of rotatable bonds is 3. The molecule has 1 nitrogen and oxygen atoms in total. The zero-order chi connectivity index (χ0) is 12.3. The minimum Gasteiger partial charge on any atom is -0.264 e. The highest BCUT2D eigenvalue weighted by Gasteiger charge is 2.16. The molecule has 0 amide bonds. The molecule has 1 aliphatic carbocycles. The van der Waals surface area contributed by atoms with Gasteiger partial charge in [0, 0.05) is 12.4 Å². The predicted molar refractivity (Wildman–Crippen MR) is 73.2 cm³/mol. The molecule has 1 aliphatic rings. The van der Waals surface area contributed by atoms with Crippen LogP contribution in [0.3, 0.4) is 0 Å². The maximum Gasteiger partial charge on any atom is 0.0305 e. The van der Waals surface area contributed by atoms with Crippen LogP contribution in [0.15, 0.2) is 18.5 Å². The lowest BCUT2D eigenvalue weighted by atomic mass is 9.87. The molecule has 94 valence electrons. The van der Waals surface area contributed by atoms with Crippen LogP contribution in [-0.2, 0) is 11.8 Å². The lowest BCUT2D eigenvalue weighted by Gasteiger charge is -2.19. The highest BCUT2D eigenvalue weighted by Crippen LogP contribution is 2.29. The highest BCUT2D eigenvalue weighted by molar-refractivity contribution is 5.24. The molecule has 0 spiro atoms. The molecule has 17 heavy (non-hydrogen) atoms. The third-order valence-electron chi connectivity index (χ3n) is 3.98. The molecular weight excluding hydrogens is 206 g/mol. The van der Waals surface area contributed by atoms with Crippen molar-refractivity contribution in [1.82, 2.24) is 4.98 Å². The van der Waals surface area contributed by atoms with E-state index in [1.54, 1.807) is 0 Å². The Morgan fingerprint density at radius 1 is 1.18 bits per heavy atom. The summed E-state index contributed by atoms with van der Waals surface area (Å²) in [5, 5.41) is 0. The fraction of sp³-hybridized carbons (Fsp3) is 0.688. The van der Waals surface area contributed by atoms with E-state index in [0.29, 0.717) is 0 Å². The Morgan fingerprint density at radius 2 is 1.88 bits per heavy atom. The predicted octanol–water partition coefficient (Wildman–Crippen LogP) is 4.50. The van der Waals surface area contributed by atoms with Gasteiger partial charge in [0.05, 0.1) is 0 Å². The Morgan fingerprint density at radius 3 is 2.53 bits per heavy atom. The van der Waals surface area contributed by atoms with E-state index in [1.807, 2.05) is 12.4 Å². The van der Waals surface area contributed by atoms with E-state index in [1.165, 1.54) is 49.7 Å². The third-order valence-corrected chi connectivity index (χ3v) is 3.98. The van der Waals surface area contributed by atoms with Gasteiger partial charge in [-0.25, -0.2) is 0 Å². The average molecular weight is 231 g/mol. The summed E-state index contributed by atoms with van der Waals surface area (Å²) in [5.74, 6) is 0.980. The van der Waals surface area contributed by atoms with Crippen molar-refractivity contribution in [1.29, 1.82) is 0 Å². The molecule has 1 saturated carbocycles. The monoisotopic (exact) mass is 231 g/mol. The quantitative estimate of drug-likeness (QED) is 0.746. The molecule has 0 aromatic carbocycles. The summed E-state index contributed by atoms with van der Waals surface area (Å²) < 4.78 is 0. The number of hydrogen-bond donors (Lipinski definition) is 0. The van der Waals surface area contributed by atoms with Gasteiger partial charge in [0.25, 0.3) is 0 Å². The van der Waals surface area contributed by atoms with Gasteiger partial charge < -0.3 is 0 Å². The van der Waals surface area contributed by atoms with Crippen LogP contribution >= 0.6 is 0 Å². The highest BCUT2D eigenvalue weighted by atomic mass is 14.6. The van der Waals surface area contributed by atoms with Crippen LogP contribution in [-0.4, -0.2) is 4.98 Å². The van der Waals surface area contributed by atoms with Gasteiger partial charge in [0.1, 0.15) is 0 Å². The Hall–Kier alpha value is -0.850. The van der Waals surface area contributed by atoms with Gasteiger partial charge in [-0.3, -0.25) is 4.98 Å². The van der Waals surface area contributed by atoms with E-state index in [4.69, 9.17) is 0 Å². The molecule has 0 saturated heterocycles. The van der Waals surface area contributed by atoms with Crippen molar-refractivity contribution in [2.24, 2.45) is 5.92 Å². The minimum absolute atomic E-state index is 0.219.